The molecular formula is C25H31BrFN3O2. The molecule has 0 unspecified atom stereocenters. The molecule has 1 aromatic rings. The summed E-state index contributed by atoms with van der Waals surface area (Å²) in [7, 11) is 0. The first-order chi connectivity index (χ1) is 15.3. The lowest BCUT2D eigenvalue weighted by Crippen LogP contribution is -2.62. The van der Waals surface area contributed by atoms with Crippen molar-refractivity contribution < 1.29 is 14.0 Å². The second-order valence-corrected chi connectivity index (χ2v) is 11.1. The predicted molar refractivity (Wildman–Crippen MR) is 124 cm³/mol. The molecule has 1 aliphatic heterocycles. The van der Waals surface area contributed by atoms with E-state index in [-0.39, 0.29) is 22.8 Å². The number of amides is 2. The fraction of sp³-hybridized carbons (Fsp3) is 0.600. The van der Waals surface area contributed by atoms with Gasteiger partial charge in [0, 0.05) is 16.0 Å². The molecule has 4 aliphatic rings. The van der Waals surface area contributed by atoms with E-state index in [0.717, 1.165) is 45.3 Å². The van der Waals surface area contributed by atoms with Crippen LogP contribution in [0.3, 0.4) is 0 Å². The summed E-state index contributed by atoms with van der Waals surface area (Å²) in [6.45, 7) is 3.21. The Bertz CT molecular complexity index is 987. The van der Waals surface area contributed by atoms with Gasteiger partial charge in [0.05, 0.1) is 10.8 Å². The molecule has 0 aromatic heterocycles. The molecule has 1 spiro atoms. The first kappa shape index (κ1) is 22.1. The summed E-state index contributed by atoms with van der Waals surface area (Å²) in [5, 5.41) is 0. The van der Waals surface area contributed by atoms with Gasteiger partial charge in [-0.2, -0.15) is 0 Å². The fourth-order valence-electron chi connectivity index (χ4n) is 7.61. The standard InChI is InChI=1S/C25H31BrFN3O2/c26-16-5-6-17(18(27)15-16)25(22(29)32)20-8-7-19(23(20)10-11-23)24(25,21(28)31)9-1-2-12-30-13-3-4-14-30/h5-8,15,19-20H,1-4,9-14H2,(H2,28,31)(H2,29,32)/t19-,20+,24+,25+/m1/s1. The van der Waals surface area contributed by atoms with Gasteiger partial charge in [-0.25, -0.2) is 4.39 Å². The van der Waals surface area contributed by atoms with Gasteiger partial charge < -0.3 is 16.4 Å². The van der Waals surface area contributed by atoms with E-state index in [1.807, 2.05) is 6.08 Å². The van der Waals surface area contributed by atoms with E-state index in [0.29, 0.717) is 10.9 Å². The number of nitrogens with two attached hydrogens (primary N) is 2. The molecule has 4 atom stereocenters. The first-order valence-electron chi connectivity index (χ1n) is 11.8. The van der Waals surface area contributed by atoms with Gasteiger partial charge >= 0.3 is 0 Å². The zero-order valence-corrected chi connectivity index (χ0v) is 19.9. The zero-order valence-electron chi connectivity index (χ0n) is 18.3. The molecule has 172 valence electrons. The number of halogens is 2. The lowest BCUT2D eigenvalue weighted by Gasteiger charge is -2.48. The van der Waals surface area contributed by atoms with E-state index >= 15 is 4.39 Å². The van der Waals surface area contributed by atoms with Gasteiger partial charge in [0.15, 0.2) is 0 Å². The maximum Gasteiger partial charge on any atom is 0.229 e. The quantitative estimate of drug-likeness (QED) is 0.419. The second-order valence-electron chi connectivity index (χ2n) is 10.2. The topological polar surface area (TPSA) is 89.4 Å². The predicted octanol–water partition coefficient (Wildman–Crippen LogP) is 3.65. The van der Waals surface area contributed by atoms with Crippen molar-refractivity contribution in [2.45, 2.75) is 50.4 Å². The van der Waals surface area contributed by atoms with Crippen LogP contribution in [0.4, 0.5) is 4.39 Å². The lowest BCUT2D eigenvalue weighted by molar-refractivity contribution is -0.144. The maximum absolute atomic E-state index is 15.5. The third-order valence-corrected chi connectivity index (χ3v) is 9.43. The monoisotopic (exact) mass is 503 g/mol. The summed E-state index contributed by atoms with van der Waals surface area (Å²) in [5.41, 5.74) is 9.67. The molecule has 2 bridgehead atoms. The molecular weight excluding hydrogens is 473 g/mol. The maximum atomic E-state index is 15.5. The largest absolute Gasteiger partial charge is 0.369 e. The van der Waals surface area contributed by atoms with Crippen LogP contribution < -0.4 is 11.5 Å². The van der Waals surface area contributed by atoms with Crippen molar-refractivity contribution in [1.29, 1.82) is 0 Å². The molecule has 4 N–H and O–H groups in total. The SMILES string of the molecule is NC(=O)[C@]1(c2ccc(Br)cc2F)[C@H]2C=C[C@H](C23CC3)[C@@]1(CCCCN1CCCC1)C(N)=O. The summed E-state index contributed by atoms with van der Waals surface area (Å²) in [6.07, 6.45) is 10.5. The summed E-state index contributed by atoms with van der Waals surface area (Å²) < 4.78 is 16.1. The molecule has 7 heteroatoms. The highest BCUT2D eigenvalue weighted by atomic mass is 79.9. The highest BCUT2D eigenvalue weighted by Gasteiger charge is 2.82. The second kappa shape index (κ2) is 7.66. The minimum atomic E-state index is -1.47. The van der Waals surface area contributed by atoms with Crippen molar-refractivity contribution >= 4 is 27.7 Å². The highest BCUT2D eigenvalue weighted by molar-refractivity contribution is 9.10. The summed E-state index contributed by atoms with van der Waals surface area (Å²) in [6, 6.07) is 4.70. The molecule has 2 saturated carbocycles. The molecule has 1 saturated heterocycles. The van der Waals surface area contributed by atoms with Crippen LogP contribution in [0.2, 0.25) is 0 Å². The summed E-state index contributed by atoms with van der Waals surface area (Å²) >= 11 is 3.31. The van der Waals surface area contributed by atoms with Crippen LogP contribution in [0.5, 0.6) is 0 Å². The number of benzene rings is 1. The molecule has 1 heterocycles. The third kappa shape index (κ3) is 2.76. The van der Waals surface area contributed by atoms with E-state index in [1.54, 1.807) is 12.1 Å². The molecule has 0 radical (unpaired) electrons. The van der Waals surface area contributed by atoms with Crippen molar-refractivity contribution in [3.8, 4) is 0 Å². The Kier molecular flexibility index (Phi) is 5.28. The van der Waals surface area contributed by atoms with Crippen molar-refractivity contribution in [2.75, 3.05) is 19.6 Å². The Morgan fingerprint density at radius 3 is 2.34 bits per heavy atom. The minimum absolute atomic E-state index is 0.181. The van der Waals surface area contributed by atoms with Gasteiger partial charge in [-0.15, -0.1) is 0 Å². The van der Waals surface area contributed by atoms with Crippen molar-refractivity contribution in [3.05, 3.63) is 46.2 Å². The van der Waals surface area contributed by atoms with Crippen LogP contribution in [-0.4, -0.2) is 36.3 Å². The van der Waals surface area contributed by atoms with E-state index in [9.17, 15) is 9.59 Å². The average molecular weight is 504 g/mol. The van der Waals surface area contributed by atoms with E-state index in [4.69, 9.17) is 11.5 Å². The van der Waals surface area contributed by atoms with E-state index in [1.165, 1.54) is 18.9 Å². The summed E-state index contributed by atoms with van der Waals surface area (Å²) in [4.78, 5) is 29.3. The number of nitrogens with zero attached hydrogens (tertiary/aromatic N) is 1. The van der Waals surface area contributed by atoms with Gasteiger partial charge in [-0.05, 0) is 81.6 Å². The number of carbonyl (C=O) groups is 2. The van der Waals surface area contributed by atoms with Gasteiger partial charge in [0.1, 0.15) is 5.82 Å². The van der Waals surface area contributed by atoms with E-state index in [2.05, 4.69) is 26.9 Å². The van der Waals surface area contributed by atoms with Crippen molar-refractivity contribution in [3.63, 3.8) is 0 Å². The van der Waals surface area contributed by atoms with Gasteiger partial charge in [-0.1, -0.05) is 40.6 Å². The highest BCUT2D eigenvalue weighted by Crippen LogP contribution is 2.80. The van der Waals surface area contributed by atoms with Crippen LogP contribution in [0.15, 0.2) is 34.8 Å². The Balaban J connectivity index is 1.59. The van der Waals surface area contributed by atoms with Gasteiger partial charge in [0.25, 0.3) is 0 Å². The molecule has 32 heavy (non-hydrogen) atoms. The number of unbranched alkanes of at least 4 members (excludes halogenated alkanes) is 1. The molecule has 5 rings (SSSR count). The number of hydrogen-bond donors (Lipinski definition) is 2. The molecule has 2 amide bonds. The van der Waals surface area contributed by atoms with Crippen LogP contribution in [0, 0.1) is 28.5 Å². The summed E-state index contributed by atoms with van der Waals surface area (Å²) in [5.74, 6) is -2.17. The van der Waals surface area contributed by atoms with E-state index < -0.39 is 28.5 Å². The van der Waals surface area contributed by atoms with Crippen molar-refractivity contribution in [2.24, 2.45) is 34.1 Å². The number of carbonyl (C=O) groups excluding carboxylic acids is 2. The number of primary amides is 2. The smallest absolute Gasteiger partial charge is 0.229 e. The van der Waals surface area contributed by atoms with Gasteiger partial charge in [-0.3, -0.25) is 9.59 Å². The van der Waals surface area contributed by atoms with Crippen LogP contribution in [-0.2, 0) is 15.0 Å². The van der Waals surface area contributed by atoms with Crippen LogP contribution >= 0.6 is 15.9 Å². The van der Waals surface area contributed by atoms with Gasteiger partial charge in [0.2, 0.25) is 11.8 Å². The minimum Gasteiger partial charge on any atom is -0.369 e. The average Bonchev–Trinajstić information content (AvgIpc) is 3.11. The Hall–Kier alpha value is -1.73. The van der Waals surface area contributed by atoms with Crippen LogP contribution in [0.1, 0.15) is 50.5 Å². The molecule has 5 nitrogen and oxygen atoms in total. The van der Waals surface area contributed by atoms with Crippen LogP contribution in [0.25, 0.3) is 0 Å². The Morgan fingerprint density at radius 2 is 1.75 bits per heavy atom. The Labute approximate surface area is 196 Å². The fourth-order valence-corrected chi connectivity index (χ4v) is 7.94. The number of allylic oxidation sites excluding steroid dienone is 2. The normalized spacial score (nSPS) is 34.4. The molecule has 1 aromatic carbocycles. The zero-order chi connectivity index (χ0) is 22.7. The number of likely N-dealkylation sites (tertiary alicyclic amines) is 1. The Morgan fingerprint density at radius 1 is 1.06 bits per heavy atom. The molecule has 3 fully saturated rings. The number of hydrogen-bond acceptors (Lipinski definition) is 3. The first-order valence-corrected chi connectivity index (χ1v) is 12.6. The third-order valence-electron chi connectivity index (χ3n) is 8.94. The number of rotatable bonds is 8. The molecule has 3 aliphatic carbocycles. The lowest BCUT2D eigenvalue weighted by atomic mass is 9.52. The van der Waals surface area contributed by atoms with Crippen molar-refractivity contribution in [1.82, 2.24) is 4.90 Å².